The number of alkyl carbamates (subject to hydrolysis) is 1. The first-order valence-electron chi connectivity index (χ1n) is 11.8. The van der Waals surface area contributed by atoms with E-state index in [1.807, 2.05) is 30.3 Å². The molecule has 0 aliphatic rings. The first kappa shape index (κ1) is 27.8. The Morgan fingerprint density at radius 2 is 1.76 bits per heavy atom. The first-order valence-corrected chi connectivity index (χ1v) is 11.8. The highest BCUT2D eigenvalue weighted by Gasteiger charge is 2.27. The van der Waals surface area contributed by atoms with Crippen molar-refractivity contribution in [1.82, 2.24) is 20.3 Å². The van der Waals surface area contributed by atoms with Gasteiger partial charge in [0.05, 0.1) is 6.20 Å². The molecule has 0 aliphatic heterocycles. The van der Waals surface area contributed by atoms with Crippen molar-refractivity contribution < 1.29 is 34.2 Å². The van der Waals surface area contributed by atoms with Crippen molar-refractivity contribution in [3.63, 3.8) is 0 Å². The molecule has 0 fully saturated rings. The summed E-state index contributed by atoms with van der Waals surface area (Å²) in [6.07, 6.45) is -0.427. The van der Waals surface area contributed by atoms with Gasteiger partial charge in [-0.3, -0.25) is 4.68 Å². The predicted octanol–water partition coefficient (Wildman–Crippen LogP) is 1.07. The van der Waals surface area contributed by atoms with E-state index < -0.39 is 36.9 Å². The molecule has 0 spiro atoms. The van der Waals surface area contributed by atoms with Crippen LogP contribution in [0.25, 0.3) is 0 Å². The van der Waals surface area contributed by atoms with Crippen LogP contribution in [0.2, 0.25) is 0 Å². The normalized spacial score (nSPS) is 12.9. The lowest BCUT2D eigenvalue weighted by Gasteiger charge is -2.23. The van der Waals surface area contributed by atoms with Crippen molar-refractivity contribution >= 4 is 24.6 Å². The van der Waals surface area contributed by atoms with E-state index in [1.54, 1.807) is 39.0 Å². The summed E-state index contributed by atoms with van der Waals surface area (Å²) in [5.41, 5.74) is 0.648. The maximum Gasteiger partial charge on any atom is 0.488 e. The van der Waals surface area contributed by atoms with Gasteiger partial charge in [0.25, 0.3) is 0 Å². The van der Waals surface area contributed by atoms with E-state index in [-0.39, 0.29) is 36.3 Å². The zero-order valence-corrected chi connectivity index (χ0v) is 20.9. The van der Waals surface area contributed by atoms with Gasteiger partial charge in [0, 0.05) is 6.54 Å². The summed E-state index contributed by atoms with van der Waals surface area (Å²) in [6.45, 7) is 5.34. The molecule has 2 atom stereocenters. The number of amides is 1. The molecule has 11 nitrogen and oxygen atoms in total. The van der Waals surface area contributed by atoms with Gasteiger partial charge >= 0.3 is 19.2 Å². The predicted molar refractivity (Wildman–Crippen MR) is 134 cm³/mol. The molecule has 0 saturated heterocycles. The number of ether oxygens (including phenoxy) is 2. The Labute approximate surface area is 215 Å². The molecule has 1 amide bonds. The van der Waals surface area contributed by atoms with Gasteiger partial charge in [-0.15, -0.1) is 5.10 Å². The van der Waals surface area contributed by atoms with Crippen LogP contribution < -0.4 is 10.8 Å². The van der Waals surface area contributed by atoms with Crippen molar-refractivity contribution in [3.8, 4) is 0 Å². The van der Waals surface area contributed by atoms with E-state index >= 15 is 0 Å². The molecule has 1 unspecified atom stereocenters. The highest BCUT2D eigenvalue weighted by atomic mass is 16.6. The summed E-state index contributed by atoms with van der Waals surface area (Å²) in [6, 6.07) is 14.4. The second kappa shape index (κ2) is 12.5. The largest absolute Gasteiger partial charge is 0.488 e. The highest BCUT2D eigenvalue weighted by Crippen LogP contribution is 2.18. The van der Waals surface area contributed by atoms with Gasteiger partial charge in [-0.25, -0.2) is 9.59 Å². The smallest absolute Gasteiger partial charge is 0.459 e. The number of benzene rings is 2. The summed E-state index contributed by atoms with van der Waals surface area (Å²) >= 11 is 0. The molecule has 37 heavy (non-hydrogen) atoms. The van der Waals surface area contributed by atoms with E-state index in [1.165, 1.54) is 16.9 Å². The topological polar surface area (TPSA) is 156 Å². The fourth-order valence-electron chi connectivity index (χ4n) is 3.49. The van der Waals surface area contributed by atoms with Crippen LogP contribution in [0.15, 0.2) is 60.8 Å². The molecule has 0 saturated carbocycles. The average molecular weight is 510 g/mol. The van der Waals surface area contributed by atoms with Crippen LogP contribution in [0.1, 0.15) is 50.1 Å². The Morgan fingerprint density at radius 1 is 1.08 bits per heavy atom. The molecule has 1 heterocycles. The van der Waals surface area contributed by atoms with Gasteiger partial charge in [0.1, 0.15) is 30.0 Å². The maximum absolute atomic E-state index is 12.8. The standard InChI is InChI=1S/C25H31BN4O7/c1-25(2,3)37-24(33)27-20(23(32)36-16-17-9-5-4-6-10-17)13-14-30-15-21(28-29-30)22(31)18-11-7-8-12-19(18)26(34)35/h4-12,15,20,22,31,34-35H,13-14,16H2,1-3H3,(H,27,33)/t20-,22?/m0/s1. The lowest BCUT2D eigenvalue weighted by Crippen LogP contribution is -2.44. The molecule has 3 rings (SSSR count). The number of aliphatic hydroxyl groups is 1. The first-order chi connectivity index (χ1) is 17.5. The Hall–Kier alpha value is -3.74. The Morgan fingerprint density at radius 3 is 2.43 bits per heavy atom. The third-order valence-electron chi connectivity index (χ3n) is 5.25. The lowest BCUT2D eigenvalue weighted by atomic mass is 9.75. The maximum atomic E-state index is 12.8. The number of carbonyl (C=O) groups is 2. The van der Waals surface area contributed by atoms with Gasteiger partial charge < -0.3 is 29.9 Å². The van der Waals surface area contributed by atoms with Crippen LogP contribution in [0.5, 0.6) is 0 Å². The number of nitrogens with one attached hydrogen (secondary N) is 1. The van der Waals surface area contributed by atoms with Crippen molar-refractivity contribution in [2.24, 2.45) is 0 Å². The van der Waals surface area contributed by atoms with Gasteiger partial charge in [0.15, 0.2) is 0 Å². The summed E-state index contributed by atoms with van der Waals surface area (Å²) in [4.78, 5) is 25.2. The molecule has 1 aromatic heterocycles. The van der Waals surface area contributed by atoms with E-state index in [0.717, 1.165) is 5.56 Å². The molecule has 0 radical (unpaired) electrons. The van der Waals surface area contributed by atoms with E-state index in [4.69, 9.17) is 9.47 Å². The van der Waals surface area contributed by atoms with Crippen LogP contribution in [-0.4, -0.2) is 61.0 Å². The molecule has 3 aromatic rings. The summed E-state index contributed by atoms with van der Waals surface area (Å²) < 4.78 is 12.1. The van der Waals surface area contributed by atoms with Gasteiger partial charge in [-0.2, -0.15) is 0 Å². The number of aryl methyl sites for hydroxylation is 1. The second-order valence-corrected chi connectivity index (χ2v) is 9.39. The highest BCUT2D eigenvalue weighted by molar-refractivity contribution is 6.59. The number of aliphatic hydroxyl groups excluding tert-OH is 1. The molecule has 2 aromatic carbocycles. The van der Waals surface area contributed by atoms with Crippen LogP contribution in [0.3, 0.4) is 0 Å². The summed E-state index contributed by atoms with van der Waals surface area (Å²) in [7, 11) is -1.76. The van der Waals surface area contributed by atoms with Gasteiger partial charge in [0.2, 0.25) is 0 Å². The zero-order valence-electron chi connectivity index (χ0n) is 20.9. The third kappa shape index (κ3) is 8.41. The van der Waals surface area contributed by atoms with Crippen molar-refractivity contribution in [2.45, 2.75) is 58.1 Å². The van der Waals surface area contributed by atoms with Crippen LogP contribution in [0.4, 0.5) is 4.79 Å². The molecule has 12 heteroatoms. The fourth-order valence-corrected chi connectivity index (χ4v) is 3.49. The van der Waals surface area contributed by atoms with E-state index in [0.29, 0.717) is 0 Å². The number of aromatic nitrogens is 3. The number of rotatable bonds is 10. The number of carbonyl (C=O) groups excluding carboxylic acids is 2. The van der Waals surface area contributed by atoms with Crippen LogP contribution >= 0.6 is 0 Å². The molecular formula is C25H31BN4O7. The Balaban J connectivity index is 1.68. The Bertz CT molecular complexity index is 1180. The van der Waals surface area contributed by atoms with E-state index in [2.05, 4.69) is 15.6 Å². The quantitative estimate of drug-likeness (QED) is 0.231. The SMILES string of the molecule is CC(C)(C)OC(=O)N[C@@H](CCn1cc(C(O)c2ccccc2B(O)O)nn1)C(=O)OCc1ccccc1. The number of hydrogen-bond donors (Lipinski definition) is 4. The van der Waals surface area contributed by atoms with Crippen molar-refractivity contribution in [1.29, 1.82) is 0 Å². The minimum atomic E-state index is -1.76. The average Bonchev–Trinajstić information content (AvgIpc) is 3.33. The minimum Gasteiger partial charge on any atom is -0.459 e. The minimum absolute atomic E-state index is 0.0436. The third-order valence-corrected chi connectivity index (χ3v) is 5.25. The fraction of sp³-hybridized carbons (Fsp3) is 0.360. The molecule has 0 bridgehead atoms. The van der Waals surface area contributed by atoms with Gasteiger partial charge in [-0.1, -0.05) is 59.8 Å². The molecule has 0 aliphatic carbocycles. The van der Waals surface area contributed by atoms with Crippen LogP contribution in [-0.2, 0) is 27.4 Å². The molecule has 4 N–H and O–H groups in total. The zero-order chi connectivity index (χ0) is 27.0. The molecular weight excluding hydrogens is 479 g/mol. The summed E-state index contributed by atoms with van der Waals surface area (Å²) in [5, 5.41) is 40.4. The monoisotopic (exact) mass is 510 g/mol. The van der Waals surface area contributed by atoms with Crippen LogP contribution in [0, 0.1) is 0 Å². The number of hydrogen-bond acceptors (Lipinski definition) is 9. The number of esters is 1. The number of nitrogens with zero attached hydrogens (tertiary/aromatic N) is 3. The van der Waals surface area contributed by atoms with E-state index in [9.17, 15) is 24.7 Å². The van der Waals surface area contributed by atoms with Gasteiger partial charge in [-0.05, 0) is 43.8 Å². The van der Waals surface area contributed by atoms with Crippen molar-refractivity contribution in [3.05, 3.63) is 77.6 Å². The Kier molecular flexibility index (Phi) is 9.39. The summed E-state index contributed by atoms with van der Waals surface area (Å²) in [5.74, 6) is -0.638. The molecule has 196 valence electrons. The van der Waals surface area contributed by atoms with Crippen molar-refractivity contribution in [2.75, 3.05) is 0 Å². The lowest BCUT2D eigenvalue weighted by molar-refractivity contribution is -0.147. The second-order valence-electron chi connectivity index (χ2n) is 9.39.